The molecule has 0 radical (unpaired) electrons. The second-order valence-corrected chi connectivity index (χ2v) is 15.4. The number of thioether (sulfide) groups is 1. The number of hydrogen-bond donors (Lipinski definition) is 10. The van der Waals surface area contributed by atoms with Crippen molar-refractivity contribution in [2.24, 2.45) is 0 Å². The van der Waals surface area contributed by atoms with Crippen molar-refractivity contribution >= 4 is 64.0 Å². The molecule has 19 heteroatoms. The summed E-state index contributed by atoms with van der Waals surface area (Å²) in [6.45, 7) is 4.63. The normalized spacial score (nSPS) is 30.5. The molecule has 5 rings (SSSR count). The molecule has 0 unspecified atom stereocenters. The van der Waals surface area contributed by atoms with E-state index in [2.05, 4.69) is 36.9 Å². The Morgan fingerprint density at radius 2 is 1.43 bits per heavy atom. The van der Waals surface area contributed by atoms with E-state index in [1.165, 1.54) is 25.7 Å². The Balaban J connectivity index is 1.67. The smallest absolute Gasteiger partial charge is 0.246 e. The van der Waals surface area contributed by atoms with E-state index in [-0.39, 0.29) is 31.6 Å². The topological polar surface area (TPSA) is 271 Å². The van der Waals surface area contributed by atoms with Gasteiger partial charge in [-0.2, -0.15) is 0 Å². The Morgan fingerprint density at radius 1 is 0.815 bits per heavy atom. The Hall–Kier alpha value is -4.72. The van der Waals surface area contributed by atoms with Gasteiger partial charge in [0.2, 0.25) is 41.4 Å². The lowest BCUT2D eigenvalue weighted by Crippen LogP contribution is -2.60. The van der Waals surface area contributed by atoms with Crippen molar-refractivity contribution in [2.45, 2.75) is 112 Å². The second kappa shape index (κ2) is 16.7. The van der Waals surface area contributed by atoms with Crippen LogP contribution in [0.4, 0.5) is 0 Å². The predicted octanol–water partition coefficient (Wildman–Crippen LogP) is -2.72. The number of amides is 7. The fourth-order valence-corrected chi connectivity index (χ4v) is 7.83. The molecule has 4 heterocycles. The molecule has 294 valence electrons. The molecule has 0 saturated carbocycles. The van der Waals surface area contributed by atoms with Crippen LogP contribution in [0.1, 0.15) is 52.5 Å². The van der Waals surface area contributed by atoms with Crippen LogP contribution in [0.5, 0.6) is 0 Å². The molecule has 3 aliphatic rings. The third-order valence-corrected chi connectivity index (χ3v) is 11.0. The Kier molecular flexibility index (Phi) is 12.5. The molecule has 1 aromatic carbocycles. The van der Waals surface area contributed by atoms with Gasteiger partial charge in [-0.25, -0.2) is 0 Å². The number of aromatic nitrogens is 1. The second-order valence-electron chi connectivity index (χ2n) is 14.4. The van der Waals surface area contributed by atoms with Gasteiger partial charge < -0.3 is 57.1 Å². The summed E-state index contributed by atoms with van der Waals surface area (Å²) in [5.41, 5.74) is -0.628. The molecule has 54 heavy (non-hydrogen) atoms. The van der Waals surface area contributed by atoms with Crippen molar-refractivity contribution in [1.29, 1.82) is 0 Å². The number of aliphatic hydroxyl groups is 3. The minimum Gasteiger partial charge on any atom is -0.393 e. The largest absolute Gasteiger partial charge is 0.393 e. The van der Waals surface area contributed by atoms with E-state index in [1.807, 2.05) is 0 Å². The monoisotopic (exact) mass is 772 g/mol. The van der Waals surface area contributed by atoms with Crippen LogP contribution >= 0.6 is 11.8 Å². The molecule has 0 aliphatic carbocycles. The van der Waals surface area contributed by atoms with Gasteiger partial charge in [0.05, 0.1) is 23.3 Å². The maximum atomic E-state index is 14.3. The van der Waals surface area contributed by atoms with Gasteiger partial charge in [0.25, 0.3) is 0 Å². The third kappa shape index (κ3) is 9.14. The highest BCUT2D eigenvalue weighted by Gasteiger charge is 2.43. The van der Waals surface area contributed by atoms with E-state index in [1.54, 1.807) is 31.2 Å². The zero-order valence-corrected chi connectivity index (χ0v) is 31.2. The number of rotatable bonds is 4. The van der Waals surface area contributed by atoms with Crippen LogP contribution in [0.15, 0.2) is 29.3 Å². The summed E-state index contributed by atoms with van der Waals surface area (Å²) in [6, 6.07) is -1.87. The van der Waals surface area contributed by atoms with Crippen molar-refractivity contribution in [3.63, 3.8) is 0 Å². The first kappa shape index (κ1) is 40.5. The van der Waals surface area contributed by atoms with E-state index in [0.29, 0.717) is 21.5 Å². The van der Waals surface area contributed by atoms with Crippen LogP contribution in [0.3, 0.4) is 0 Å². The number of fused-ring (bicyclic) bond motifs is 5. The summed E-state index contributed by atoms with van der Waals surface area (Å²) in [5.74, 6) is -5.51. The molecule has 2 bridgehead atoms. The average molecular weight is 773 g/mol. The highest BCUT2D eigenvalue weighted by atomic mass is 32.2. The van der Waals surface area contributed by atoms with Crippen LogP contribution in [0.25, 0.3) is 10.9 Å². The Labute approximate surface area is 315 Å². The first-order valence-electron chi connectivity index (χ1n) is 17.9. The quantitative estimate of drug-likeness (QED) is 0.153. The van der Waals surface area contributed by atoms with Gasteiger partial charge in [-0.15, -0.1) is 11.8 Å². The van der Waals surface area contributed by atoms with E-state index in [4.69, 9.17) is 0 Å². The number of aliphatic hydroxyl groups excluding tert-OH is 2. The van der Waals surface area contributed by atoms with Gasteiger partial charge in [0.15, 0.2) is 0 Å². The molecule has 9 atom stereocenters. The van der Waals surface area contributed by atoms with E-state index in [9.17, 15) is 48.9 Å². The van der Waals surface area contributed by atoms with Crippen LogP contribution < -0.4 is 31.9 Å². The van der Waals surface area contributed by atoms with Crippen molar-refractivity contribution in [3.8, 4) is 0 Å². The molecule has 10 N–H and O–H groups in total. The summed E-state index contributed by atoms with van der Waals surface area (Å²) >= 11 is 1.15. The number of carbonyl (C=O) groups excluding carboxylic acids is 7. The highest BCUT2D eigenvalue weighted by Crippen LogP contribution is 2.32. The first-order chi connectivity index (χ1) is 25.5. The van der Waals surface area contributed by atoms with E-state index in [0.717, 1.165) is 11.8 Å². The molecule has 2 aromatic rings. The standard InChI is InChI=1S/C35H48N8O10S/c1-5-21-29(48)41-25-14-54-33-20(19-8-6-7-9-22(19)42-33)11-23(39-28(47)17(3)37-32(51)26-10-18(45)13-43(26)34(25)52)30(49)40-24(12-35(4,53)15-44)31(50)36-16(2)27(46)38-21/h6-9,16-18,21,23-26,42,44-45,53H,5,10-15H2,1-4H3,(H,36,50)(H,37,51)(H,38,46)(H,39,47)(H,40,49)(H,41,48)/t16-,17-,18+,21+,23-,24-,25+,26-,35+/m0/s1. The summed E-state index contributed by atoms with van der Waals surface area (Å²) in [5, 5.41) is 48.0. The van der Waals surface area contributed by atoms with Gasteiger partial charge in [0.1, 0.15) is 42.3 Å². The number of hydrogen-bond acceptors (Lipinski definition) is 11. The lowest BCUT2D eigenvalue weighted by Gasteiger charge is -2.30. The Morgan fingerprint density at radius 3 is 2.11 bits per heavy atom. The lowest BCUT2D eigenvalue weighted by atomic mass is 9.96. The van der Waals surface area contributed by atoms with Crippen LogP contribution in [0.2, 0.25) is 0 Å². The van der Waals surface area contributed by atoms with E-state index >= 15 is 0 Å². The number of para-hydroxylation sites is 1. The van der Waals surface area contributed by atoms with Crippen molar-refractivity contribution in [2.75, 3.05) is 18.9 Å². The molecule has 1 fully saturated rings. The van der Waals surface area contributed by atoms with Crippen molar-refractivity contribution < 1.29 is 48.9 Å². The molecule has 1 saturated heterocycles. The summed E-state index contributed by atoms with van der Waals surface area (Å²) < 4.78 is 0. The molecule has 3 aliphatic heterocycles. The summed E-state index contributed by atoms with van der Waals surface area (Å²) in [4.78, 5) is 101. The molecular formula is C35H48N8O10S. The maximum Gasteiger partial charge on any atom is 0.246 e. The number of carbonyl (C=O) groups is 7. The third-order valence-electron chi connectivity index (χ3n) is 9.85. The highest BCUT2D eigenvalue weighted by molar-refractivity contribution is 7.99. The summed E-state index contributed by atoms with van der Waals surface area (Å²) in [7, 11) is 0. The number of H-pyrrole nitrogens is 1. The minimum atomic E-state index is -1.86. The number of aromatic amines is 1. The van der Waals surface area contributed by atoms with Crippen LogP contribution in [-0.4, -0.2) is 139 Å². The van der Waals surface area contributed by atoms with Crippen molar-refractivity contribution in [3.05, 3.63) is 29.8 Å². The van der Waals surface area contributed by atoms with Gasteiger partial charge in [-0.3, -0.25) is 33.6 Å². The zero-order valence-electron chi connectivity index (χ0n) is 30.4. The molecular weight excluding hydrogens is 724 g/mol. The fourth-order valence-electron chi connectivity index (χ4n) is 6.72. The number of nitrogens with zero attached hydrogens (tertiary/aromatic N) is 1. The van der Waals surface area contributed by atoms with Gasteiger partial charge >= 0.3 is 0 Å². The van der Waals surface area contributed by atoms with Crippen LogP contribution in [-0.2, 0) is 40.0 Å². The van der Waals surface area contributed by atoms with Crippen molar-refractivity contribution in [1.82, 2.24) is 41.8 Å². The maximum absolute atomic E-state index is 14.3. The number of benzene rings is 1. The van der Waals surface area contributed by atoms with Gasteiger partial charge in [-0.1, -0.05) is 25.1 Å². The molecule has 1 aromatic heterocycles. The fraction of sp³-hybridized carbons (Fsp3) is 0.571. The lowest BCUT2D eigenvalue weighted by molar-refractivity contribution is -0.142. The molecule has 7 amide bonds. The van der Waals surface area contributed by atoms with Gasteiger partial charge in [0, 0.05) is 42.5 Å². The van der Waals surface area contributed by atoms with Gasteiger partial charge in [-0.05, 0) is 38.8 Å². The van der Waals surface area contributed by atoms with Crippen LogP contribution in [0, 0.1) is 0 Å². The number of nitrogens with one attached hydrogen (secondary N) is 7. The first-order valence-corrected chi connectivity index (χ1v) is 18.9. The minimum absolute atomic E-state index is 0.0832. The summed E-state index contributed by atoms with van der Waals surface area (Å²) in [6.07, 6.45) is -1.77. The molecule has 18 nitrogen and oxygen atoms in total. The zero-order chi connectivity index (χ0) is 39.5. The SMILES string of the molecule is CC[C@H]1NC(=O)[C@H](C)NC(=O)[C@H](C[C@@](C)(O)CO)NC(=O)[C@@H]2Cc3c([nH]c4ccccc34)SC[C@@H](NC1=O)C(=O)N1C[C@H](O)C[C@H]1C(=O)N[C@@H](C)C(=O)N2. The Bertz CT molecular complexity index is 1800. The average Bonchev–Trinajstić information content (AvgIpc) is 3.69. The molecule has 0 spiro atoms. The predicted molar refractivity (Wildman–Crippen MR) is 194 cm³/mol. The van der Waals surface area contributed by atoms with E-state index < -0.39 is 108 Å².